The molecular formula is C11H12FN3OS. The van der Waals surface area contributed by atoms with E-state index >= 15 is 0 Å². The number of nitrogen functional groups attached to an aromatic ring is 1. The third-order valence-corrected chi connectivity index (χ3v) is 3.15. The SMILES string of the molecule is CCc1nnc(CSc2ccc(N)cc2F)o1. The molecule has 1 aromatic heterocycles. The van der Waals surface area contributed by atoms with Crippen LogP contribution in [0.4, 0.5) is 10.1 Å². The summed E-state index contributed by atoms with van der Waals surface area (Å²) in [4.78, 5) is 0.524. The number of nitrogens with two attached hydrogens (primary N) is 1. The smallest absolute Gasteiger partial charge is 0.226 e. The van der Waals surface area contributed by atoms with E-state index in [-0.39, 0.29) is 5.82 Å². The summed E-state index contributed by atoms with van der Waals surface area (Å²) in [6, 6.07) is 4.61. The van der Waals surface area contributed by atoms with Crippen molar-refractivity contribution in [2.75, 3.05) is 5.73 Å². The van der Waals surface area contributed by atoms with E-state index in [1.54, 1.807) is 12.1 Å². The lowest BCUT2D eigenvalue weighted by Crippen LogP contribution is -1.88. The van der Waals surface area contributed by atoms with Gasteiger partial charge in [-0.3, -0.25) is 0 Å². The van der Waals surface area contributed by atoms with Crippen molar-refractivity contribution in [3.8, 4) is 0 Å². The third kappa shape index (κ3) is 2.97. The maximum atomic E-state index is 13.5. The van der Waals surface area contributed by atoms with E-state index in [0.717, 1.165) is 0 Å². The van der Waals surface area contributed by atoms with Gasteiger partial charge in [-0.15, -0.1) is 22.0 Å². The second-order valence-electron chi connectivity index (χ2n) is 3.42. The first-order valence-corrected chi connectivity index (χ1v) is 6.16. The van der Waals surface area contributed by atoms with E-state index in [1.165, 1.54) is 17.8 Å². The normalized spacial score (nSPS) is 10.7. The largest absolute Gasteiger partial charge is 0.424 e. The Labute approximate surface area is 102 Å². The van der Waals surface area contributed by atoms with Gasteiger partial charge >= 0.3 is 0 Å². The van der Waals surface area contributed by atoms with Gasteiger partial charge in [0.1, 0.15) is 5.82 Å². The fourth-order valence-electron chi connectivity index (χ4n) is 1.26. The molecule has 0 aliphatic heterocycles. The molecule has 2 rings (SSSR count). The van der Waals surface area contributed by atoms with Gasteiger partial charge in [-0.2, -0.15) is 0 Å². The lowest BCUT2D eigenvalue weighted by molar-refractivity contribution is 0.470. The first-order chi connectivity index (χ1) is 8.19. The van der Waals surface area contributed by atoms with Crippen LogP contribution in [0.25, 0.3) is 0 Å². The molecule has 0 unspecified atom stereocenters. The molecule has 17 heavy (non-hydrogen) atoms. The second-order valence-corrected chi connectivity index (χ2v) is 4.44. The van der Waals surface area contributed by atoms with E-state index in [4.69, 9.17) is 10.2 Å². The Morgan fingerprint density at radius 2 is 2.12 bits per heavy atom. The number of thioether (sulfide) groups is 1. The average Bonchev–Trinajstić information content (AvgIpc) is 2.76. The van der Waals surface area contributed by atoms with Crippen molar-refractivity contribution in [2.24, 2.45) is 0 Å². The molecule has 0 radical (unpaired) electrons. The molecule has 4 nitrogen and oxygen atoms in total. The number of halogens is 1. The minimum absolute atomic E-state index is 0.328. The standard InChI is InChI=1S/C11H12FN3OS/c1-2-10-14-15-11(16-10)6-17-9-4-3-7(13)5-8(9)12/h3-5H,2,6,13H2,1H3. The molecule has 0 spiro atoms. The number of rotatable bonds is 4. The summed E-state index contributed by atoms with van der Waals surface area (Å²) >= 11 is 1.31. The highest BCUT2D eigenvalue weighted by Crippen LogP contribution is 2.26. The van der Waals surface area contributed by atoms with Crippen LogP contribution in [0.15, 0.2) is 27.5 Å². The predicted octanol–water partition coefficient (Wildman–Crippen LogP) is 2.65. The van der Waals surface area contributed by atoms with Crippen molar-refractivity contribution >= 4 is 17.4 Å². The molecular weight excluding hydrogens is 241 g/mol. The zero-order chi connectivity index (χ0) is 12.3. The Hall–Kier alpha value is -1.56. The van der Waals surface area contributed by atoms with Crippen molar-refractivity contribution in [1.29, 1.82) is 0 Å². The molecule has 0 atom stereocenters. The Kier molecular flexibility index (Phi) is 3.63. The number of anilines is 1. The summed E-state index contributed by atoms with van der Waals surface area (Å²) < 4.78 is 18.8. The van der Waals surface area contributed by atoms with Crippen LogP contribution in [0, 0.1) is 5.82 Å². The van der Waals surface area contributed by atoms with E-state index in [1.807, 2.05) is 6.92 Å². The van der Waals surface area contributed by atoms with Gasteiger partial charge in [0.25, 0.3) is 0 Å². The van der Waals surface area contributed by atoms with Gasteiger partial charge in [0.05, 0.1) is 5.75 Å². The quantitative estimate of drug-likeness (QED) is 0.670. The summed E-state index contributed by atoms with van der Waals surface area (Å²) in [6.45, 7) is 1.93. The molecule has 0 saturated carbocycles. The van der Waals surface area contributed by atoms with Crippen LogP contribution in [0.2, 0.25) is 0 Å². The van der Waals surface area contributed by atoms with Crippen molar-refractivity contribution < 1.29 is 8.81 Å². The minimum atomic E-state index is -0.328. The first-order valence-electron chi connectivity index (χ1n) is 5.18. The summed E-state index contributed by atoms with van der Waals surface area (Å²) in [5.74, 6) is 1.22. The van der Waals surface area contributed by atoms with Crippen LogP contribution in [0.5, 0.6) is 0 Å². The maximum absolute atomic E-state index is 13.5. The molecule has 90 valence electrons. The molecule has 1 aromatic carbocycles. The summed E-state index contributed by atoms with van der Waals surface area (Å²) in [7, 11) is 0. The van der Waals surface area contributed by atoms with Gasteiger partial charge in [-0.25, -0.2) is 4.39 Å². The zero-order valence-electron chi connectivity index (χ0n) is 9.31. The van der Waals surface area contributed by atoms with Crippen molar-refractivity contribution in [3.05, 3.63) is 35.8 Å². The van der Waals surface area contributed by atoms with Crippen LogP contribution in [-0.2, 0) is 12.2 Å². The number of aromatic nitrogens is 2. The van der Waals surface area contributed by atoms with Gasteiger partial charge in [0.2, 0.25) is 11.8 Å². The molecule has 0 amide bonds. The molecule has 0 bridgehead atoms. The van der Waals surface area contributed by atoms with Crippen LogP contribution in [0.3, 0.4) is 0 Å². The number of hydrogen-bond acceptors (Lipinski definition) is 5. The van der Waals surface area contributed by atoms with Gasteiger partial charge in [0, 0.05) is 17.0 Å². The van der Waals surface area contributed by atoms with Crippen LogP contribution < -0.4 is 5.73 Å². The van der Waals surface area contributed by atoms with E-state index in [9.17, 15) is 4.39 Å². The van der Waals surface area contributed by atoms with Gasteiger partial charge in [0.15, 0.2) is 0 Å². The number of hydrogen-bond donors (Lipinski definition) is 1. The minimum Gasteiger partial charge on any atom is -0.424 e. The average molecular weight is 253 g/mol. The Bertz CT molecular complexity index is 515. The van der Waals surface area contributed by atoms with Gasteiger partial charge in [-0.05, 0) is 18.2 Å². The maximum Gasteiger partial charge on any atom is 0.226 e. The topological polar surface area (TPSA) is 64.9 Å². The summed E-state index contributed by atoms with van der Waals surface area (Å²) in [5.41, 5.74) is 5.88. The lowest BCUT2D eigenvalue weighted by atomic mass is 10.3. The molecule has 1 heterocycles. The fourth-order valence-corrected chi connectivity index (χ4v) is 2.02. The summed E-state index contributed by atoms with van der Waals surface area (Å²) in [6.07, 6.45) is 0.702. The fraction of sp³-hybridized carbons (Fsp3) is 0.273. The molecule has 6 heteroatoms. The number of aryl methyl sites for hydroxylation is 1. The highest BCUT2D eigenvalue weighted by molar-refractivity contribution is 7.98. The molecule has 0 aliphatic carbocycles. The molecule has 2 N–H and O–H groups in total. The summed E-state index contributed by atoms with van der Waals surface area (Å²) in [5, 5.41) is 7.70. The number of nitrogens with zero attached hydrogens (tertiary/aromatic N) is 2. The lowest BCUT2D eigenvalue weighted by Gasteiger charge is -2.01. The molecule has 0 aliphatic rings. The highest BCUT2D eigenvalue weighted by Gasteiger charge is 2.08. The Morgan fingerprint density at radius 3 is 2.76 bits per heavy atom. The highest BCUT2D eigenvalue weighted by atomic mass is 32.2. The van der Waals surface area contributed by atoms with Crippen molar-refractivity contribution in [1.82, 2.24) is 10.2 Å². The van der Waals surface area contributed by atoms with E-state index < -0.39 is 0 Å². The van der Waals surface area contributed by atoms with Gasteiger partial charge < -0.3 is 10.2 Å². The van der Waals surface area contributed by atoms with E-state index in [2.05, 4.69) is 10.2 Å². The monoisotopic (exact) mass is 253 g/mol. The van der Waals surface area contributed by atoms with Crippen molar-refractivity contribution in [3.63, 3.8) is 0 Å². The number of benzene rings is 1. The van der Waals surface area contributed by atoms with Crippen LogP contribution in [-0.4, -0.2) is 10.2 Å². The molecule has 2 aromatic rings. The third-order valence-electron chi connectivity index (χ3n) is 2.12. The van der Waals surface area contributed by atoms with Crippen LogP contribution >= 0.6 is 11.8 Å². The Morgan fingerprint density at radius 1 is 1.35 bits per heavy atom. The van der Waals surface area contributed by atoms with E-state index in [0.29, 0.717) is 34.5 Å². The van der Waals surface area contributed by atoms with Crippen molar-refractivity contribution in [2.45, 2.75) is 24.0 Å². The first kappa shape index (κ1) is 11.9. The second kappa shape index (κ2) is 5.18. The molecule has 0 saturated heterocycles. The predicted molar refractivity (Wildman–Crippen MR) is 64.0 cm³/mol. The van der Waals surface area contributed by atoms with Gasteiger partial charge in [-0.1, -0.05) is 6.92 Å². The van der Waals surface area contributed by atoms with Crippen LogP contribution in [0.1, 0.15) is 18.7 Å². The zero-order valence-corrected chi connectivity index (χ0v) is 10.1. The Balaban J connectivity index is 2.02. The molecule has 0 fully saturated rings.